The molecule has 0 radical (unpaired) electrons. The summed E-state index contributed by atoms with van der Waals surface area (Å²) in [4.78, 5) is 12.3. The Kier molecular flexibility index (Phi) is 4.44. The SMILES string of the molecule is CC(C)C1CCC(=O)C(CC2OCCc3ccccc32)C1. The second kappa shape index (κ2) is 6.31. The molecule has 1 heterocycles. The third kappa shape index (κ3) is 3.21. The Morgan fingerprint density at radius 1 is 1.24 bits per heavy atom. The monoisotopic (exact) mass is 286 g/mol. The largest absolute Gasteiger partial charge is 0.373 e. The molecule has 1 aromatic carbocycles. The fraction of sp³-hybridized carbons (Fsp3) is 0.632. The molecule has 3 unspecified atom stereocenters. The Balaban J connectivity index is 1.73. The number of ether oxygens (including phenoxy) is 1. The molecular formula is C19H26O2. The van der Waals surface area contributed by atoms with E-state index >= 15 is 0 Å². The Hall–Kier alpha value is -1.15. The zero-order valence-electron chi connectivity index (χ0n) is 13.2. The van der Waals surface area contributed by atoms with Gasteiger partial charge in [0.1, 0.15) is 5.78 Å². The van der Waals surface area contributed by atoms with Crippen molar-refractivity contribution in [3.05, 3.63) is 35.4 Å². The highest BCUT2D eigenvalue weighted by molar-refractivity contribution is 5.81. The normalized spacial score (nSPS) is 29.5. The number of carbonyl (C=O) groups is 1. The van der Waals surface area contributed by atoms with Crippen molar-refractivity contribution >= 4 is 5.78 Å². The van der Waals surface area contributed by atoms with E-state index < -0.39 is 0 Å². The zero-order chi connectivity index (χ0) is 14.8. The van der Waals surface area contributed by atoms with Crippen LogP contribution in [-0.4, -0.2) is 12.4 Å². The summed E-state index contributed by atoms with van der Waals surface area (Å²) in [7, 11) is 0. The van der Waals surface area contributed by atoms with Gasteiger partial charge in [-0.3, -0.25) is 4.79 Å². The van der Waals surface area contributed by atoms with Gasteiger partial charge >= 0.3 is 0 Å². The van der Waals surface area contributed by atoms with Gasteiger partial charge in [0.15, 0.2) is 0 Å². The molecular weight excluding hydrogens is 260 g/mol. The molecule has 0 spiro atoms. The van der Waals surface area contributed by atoms with Gasteiger partial charge in [0.25, 0.3) is 0 Å². The van der Waals surface area contributed by atoms with Crippen molar-refractivity contribution in [1.29, 1.82) is 0 Å². The van der Waals surface area contributed by atoms with Crippen LogP contribution in [0.5, 0.6) is 0 Å². The second-order valence-electron chi connectivity index (χ2n) is 6.99. The van der Waals surface area contributed by atoms with E-state index in [1.165, 1.54) is 11.1 Å². The Labute approximate surface area is 127 Å². The molecule has 0 N–H and O–H groups in total. The smallest absolute Gasteiger partial charge is 0.136 e. The van der Waals surface area contributed by atoms with Gasteiger partial charge in [0.05, 0.1) is 12.7 Å². The van der Waals surface area contributed by atoms with E-state index in [0.29, 0.717) is 17.6 Å². The lowest BCUT2D eigenvalue weighted by atomic mass is 9.73. The summed E-state index contributed by atoms with van der Waals surface area (Å²) >= 11 is 0. The highest BCUT2D eigenvalue weighted by Crippen LogP contribution is 2.39. The lowest BCUT2D eigenvalue weighted by Crippen LogP contribution is -2.30. The summed E-state index contributed by atoms with van der Waals surface area (Å²) in [5.41, 5.74) is 2.71. The van der Waals surface area contributed by atoms with Crippen LogP contribution < -0.4 is 0 Å². The molecule has 0 aromatic heterocycles. The van der Waals surface area contributed by atoms with Gasteiger partial charge in [-0.1, -0.05) is 38.1 Å². The first-order chi connectivity index (χ1) is 10.1. The van der Waals surface area contributed by atoms with Crippen molar-refractivity contribution in [3.8, 4) is 0 Å². The molecule has 1 fully saturated rings. The molecule has 3 rings (SSSR count). The summed E-state index contributed by atoms with van der Waals surface area (Å²) in [6.07, 6.45) is 4.89. The number of Topliss-reactive ketones (excluding diaryl/α,β-unsaturated/α-hetero) is 1. The van der Waals surface area contributed by atoms with Crippen molar-refractivity contribution in [1.82, 2.24) is 0 Å². The van der Waals surface area contributed by atoms with Gasteiger partial charge in [-0.05, 0) is 48.6 Å². The van der Waals surface area contributed by atoms with Crippen LogP contribution in [0.1, 0.15) is 56.8 Å². The lowest BCUT2D eigenvalue weighted by Gasteiger charge is -2.34. The lowest BCUT2D eigenvalue weighted by molar-refractivity contribution is -0.127. The minimum Gasteiger partial charge on any atom is -0.373 e. The first-order valence-corrected chi connectivity index (χ1v) is 8.37. The summed E-state index contributed by atoms with van der Waals surface area (Å²) in [5, 5.41) is 0. The molecule has 3 atom stereocenters. The minimum atomic E-state index is 0.120. The van der Waals surface area contributed by atoms with Crippen LogP contribution in [-0.2, 0) is 16.0 Å². The Morgan fingerprint density at radius 2 is 2.05 bits per heavy atom. The minimum absolute atomic E-state index is 0.120. The average Bonchev–Trinajstić information content (AvgIpc) is 2.49. The summed E-state index contributed by atoms with van der Waals surface area (Å²) < 4.78 is 6.00. The fourth-order valence-corrected chi connectivity index (χ4v) is 3.91. The molecule has 0 amide bonds. The first kappa shape index (κ1) is 14.8. The maximum Gasteiger partial charge on any atom is 0.136 e. The van der Waals surface area contributed by atoms with E-state index in [4.69, 9.17) is 4.74 Å². The van der Waals surface area contributed by atoms with E-state index in [-0.39, 0.29) is 12.0 Å². The standard InChI is InChI=1S/C19H26O2/c1-13(2)15-7-8-18(20)16(11-15)12-19-17-6-4-3-5-14(17)9-10-21-19/h3-6,13,15-16,19H,7-12H2,1-2H3. The number of fused-ring (bicyclic) bond motifs is 1. The number of carbonyl (C=O) groups excluding carboxylic acids is 1. The molecule has 2 heteroatoms. The van der Waals surface area contributed by atoms with Crippen LogP contribution in [0.2, 0.25) is 0 Å². The third-order valence-electron chi connectivity index (χ3n) is 5.34. The predicted octanol–water partition coefficient (Wildman–Crippen LogP) is 4.33. The Morgan fingerprint density at radius 3 is 2.86 bits per heavy atom. The number of hydrogen-bond donors (Lipinski definition) is 0. The van der Waals surface area contributed by atoms with Crippen molar-refractivity contribution in [2.45, 2.75) is 52.1 Å². The third-order valence-corrected chi connectivity index (χ3v) is 5.34. The van der Waals surface area contributed by atoms with Crippen molar-refractivity contribution in [2.24, 2.45) is 17.8 Å². The Bertz CT molecular complexity index is 506. The summed E-state index contributed by atoms with van der Waals surface area (Å²) in [5.74, 6) is 2.03. The van der Waals surface area contributed by atoms with Gasteiger partial charge in [-0.2, -0.15) is 0 Å². The average molecular weight is 286 g/mol. The number of benzene rings is 1. The van der Waals surface area contributed by atoms with E-state index in [0.717, 1.165) is 38.7 Å². The number of ketones is 1. The highest BCUT2D eigenvalue weighted by Gasteiger charge is 2.33. The maximum atomic E-state index is 12.3. The van der Waals surface area contributed by atoms with Crippen molar-refractivity contribution in [2.75, 3.05) is 6.61 Å². The molecule has 0 bridgehead atoms. The topological polar surface area (TPSA) is 26.3 Å². The quantitative estimate of drug-likeness (QED) is 0.826. The summed E-state index contributed by atoms with van der Waals surface area (Å²) in [6.45, 7) is 5.35. The van der Waals surface area contributed by atoms with Crippen molar-refractivity contribution < 1.29 is 9.53 Å². The van der Waals surface area contributed by atoms with Gasteiger partial charge in [0.2, 0.25) is 0 Å². The van der Waals surface area contributed by atoms with Crippen LogP contribution in [0.4, 0.5) is 0 Å². The predicted molar refractivity (Wildman–Crippen MR) is 84.1 cm³/mol. The van der Waals surface area contributed by atoms with Gasteiger partial charge in [-0.25, -0.2) is 0 Å². The van der Waals surface area contributed by atoms with E-state index in [9.17, 15) is 4.79 Å². The fourth-order valence-electron chi connectivity index (χ4n) is 3.91. The van der Waals surface area contributed by atoms with Crippen molar-refractivity contribution in [3.63, 3.8) is 0 Å². The zero-order valence-corrected chi connectivity index (χ0v) is 13.2. The maximum absolute atomic E-state index is 12.3. The van der Waals surface area contributed by atoms with Crippen LogP contribution in [0, 0.1) is 17.8 Å². The molecule has 2 nitrogen and oxygen atoms in total. The second-order valence-corrected chi connectivity index (χ2v) is 6.99. The van der Waals surface area contributed by atoms with Crippen LogP contribution in [0.3, 0.4) is 0 Å². The molecule has 1 aliphatic heterocycles. The molecule has 1 saturated carbocycles. The van der Waals surface area contributed by atoms with Gasteiger partial charge in [-0.15, -0.1) is 0 Å². The molecule has 2 aliphatic rings. The molecule has 21 heavy (non-hydrogen) atoms. The van der Waals surface area contributed by atoms with E-state index in [1.54, 1.807) is 0 Å². The molecule has 1 aromatic rings. The highest BCUT2D eigenvalue weighted by atomic mass is 16.5. The van der Waals surface area contributed by atoms with E-state index in [2.05, 4.69) is 38.1 Å². The number of rotatable bonds is 3. The molecule has 0 saturated heterocycles. The van der Waals surface area contributed by atoms with Crippen LogP contribution in [0.25, 0.3) is 0 Å². The van der Waals surface area contributed by atoms with E-state index in [1.807, 2.05) is 0 Å². The first-order valence-electron chi connectivity index (χ1n) is 8.37. The molecule has 1 aliphatic carbocycles. The van der Waals surface area contributed by atoms with Crippen LogP contribution in [0.15, 0.2) is 24.3 Å². The van der Waals surface area contributed by atoms with Crippen LogP contribution >= 0.6 is 0 Å². The molecule has 114 valence electrons. The van der Waals surface area contributed by atoms with Gasteiger partial charge in [0, 0.05) is 12.3 Å². The number of hydrogen-bond acceptors (Lipinski definition) is 2. The summed E-state index contributed by atoms with van der Waals surface area (Å²) in [6, 6.07) is 8.55. The van der Waals surface area contributed by atoms with Gasteiger partial charge < -0.3 is 4.74 Å².